The summed E-state index contributed by atoms with van der Waals surface area (Å²) in [5.41, 5.74) is 1.74. The summed E-state index contributed by atoms with van der Waals surface area (Å²) in [5.74, 6) is -0.213. The summed E-state index contributed by atoms with van der Waals surface area (Å²) >= 11 is 30.1. The predicted molar refractivity (Wildman–Crippen MR) is 118 cm³/mol. The van der Waals surface area contributed by atoms with E-state index < -0.39 is 9.96 Å². The highest BCUT2D eigenvalue weighted by atomic mass is 79.9. The van der Waals surface area contributed by atoms with Crippen molar-refractivity contribution in [2.24, 2.45) is 0 Å². The van der Waals surface area contributed by atoms with E-state index in [1.54, 1.807) is 0 Å². The van der Waals surface area contributed by atoms with Gasteiger partial charge >= 0.3 is 0 Å². The molecule has 0 heterocycles. The lowest BCUT2D eigenvalue weighted by Gasteiger charge is -2.28. The predicted octanol–water partition coefficient (Wildman–Crippen LogP) is 5.81. The van der Waals surface area contributed by atoms with Gasteiger partial charge in [-0.1, -0.05) is 64.1 Å². The third-order valence-electron chi connectivity index (χ3n) is 3.16. The van der Waals surface area contributed by atoms with Gasteiger partial charge in [0.15, 0.2) is 5.11 Å². The number of amides is 1. The van der Waals surface area contributed by atoms with Crippen molar-refractivity contribution >= 4 is 95.6 Å². The summed E-state index contributed by atoms with van der Waals surface area (Å²) in [6, 6.07) is 3.82. The molecule has 0 spiro atoms. The summed E-state index contributed by atoms with van der Waals surface area (Å²) in [6.45, 7) is 3.93. The number of rotatable bonds is 6. The standard InChI is InChI=1S/C15H18Br2Cl3N3OS/c1-3-4-5-11(24)21-13(15(18,19)20)23-14(25)22-12-8(2)6-9(16)7-10(12)17/h6-7,13H,3-5H2,1-2H3,(H,21,24)(H2,22,23,25)/t13-/m0/s1. The molecule has 140 valence electrons. The molecule has 0 aliphatic rings. The second kappa shape index (κ2) is 10.5. The number of unbranched alkanes of at least 4 members (excludes halogenated alkanes) is 1. The molecule has 4 nitrogen and oxygen atoms in total. The summed E-state index contributed by atoms with van der Waals surface area (Å²) in [6.07, 6.45) is 1.05. The molecule has 0 bridgehead atoms. The van der Waals surface area contributed by atoms with Crippen LogP contribution in [0.25, 0.3) is 0 Å². The van der Waals surface area contributed by atoms with E-state index in [0.29, 0.717) is 6.42 Å². The zero-order valence-corrected chi connectivity index (χ0v) is 19.8. The van der Waals surface area contributed by atoms with Gasteiger partial charge in [-0.15, -0.1) is 0 Å². The van der Waals surface area contributed by atoms with Gasteiger partial charge in [0, 0.05) is 15.4 Å². The highest BCUT2D eigenvalue weighted by Gasteiger charge is 2.34. The number of hydrogen-bond donors (Lipinski definition) is 3. The molecule has 1 rings (SSSR count). The fourth-order valence-corrected chi connectivity index (χ4v) is 4.00. The lowest BCUT2D eigenvalue weighted by molar-refractivity contribution is -0.122. The van der Waals surface area contributed by atoms with Crippen molar-refractivity contribution in [2.75, 3.05) is 5.32 Å². The second-order valence-electron chi connectivity index (χ2n) is 5.32. The van der Waals surface area contributed by atoms with Gasteiger partial charge in [0.25, 0.3) is 0 Å². The molecule has 0 saturated carbocycles. The SMILES string of the molecule is CCCCC(=O)N[C@@H](NC(=S)Nc1c(C)cc(Br)cc1Br)C(Cl)(Cl)Cl. The number of carbonyl (C=O) groups excluding carboxylic acids is 1. The lowest BCUT2D eigenvalue weighted by atomic mass is 10.2. The number of benzene rings is 1. The fourth-order valence-electron chi connectivity index (χ4n) is 1.91. The number of hydrogen-bond acceptors (Lipinski definition) is 2. The number of carbonyl (C=O) groups is 1. The Morgan fingerprint density at radius 1 is 1.28 bits per heavy atom. The first-order valence-corrected chi connectivity index (χ1v) is 10.6. The first kappa shape index (κ1) is 23.2. The van der Waals surface area contributed by atoms with Crippen LogP contribution in [-0.4, -0.2) is 21.0 Å². The Hall–Kier alpha value is 0.210. The molecule has 0 aliphatic heterocycles. The van der Waals surface area contributed by atoms with Crippen molar-refractivity contribution in [3.63, 3.8) is 0 Å². The maximum absolute atomic E-state index is 11.9. The number of nitrogens with one attached hydrogen (secondary N) is 3. The maximum Gasteiger partial charge on any atom is 0.228 e. The minimum atomic E-state index is -1.76. The van der Waals surface area contributed by atoms with Gasteiger partial charge in [-0.25, -0.2) is 0 Å². The molecule has 0 aromatic heterocycles. The minimum Gasteiger partial charge on any atom is -0.339 e. The molecule has 0 saturated heterocycles. The summed E-state index contributed by atoms with van der Waals surface area (Å²) in [5, 5.41) is 8.77. The van der Waals surface area contributed by atoms with Crippen molar-refractivity contribution in [3.8, 4) is 0 Å². The average molecular weight is 555 g/mol. The van der Waals surface area contributed by atoms with Gasteiger partial charge in [0.2, 0.25) is 9.70 Å². The summed E-state index contributed by atoms with van der Waals surface area (Å²) < 4.78 is -0.0100. The molecular weight excluding hydrogens is 536 g/mol. The topological polar surface area (TPSA) is 53.2 Å². The van der Waals surface area contributed by atoms with Crippen molar-refractivity contribution in [1.82, 2.24) is 10.6 Å². The molecule has 1 aromatic rings. The zero-order chi connectivity index (χ0) is 19.2. The fraction of sp³-hybridized carbons (Fsp3) is 0.467. The number of thiocarbonyl (C=S) groups is 1. The molecule has 3 N–H and O–H groups in total. The van der Waals surface area contributed by atoms with Crippen LogP contribution in [0.3, 0.4) is 0 Å². The molecule has 25 heavy (non-hydrogen) atoms. The molecule has 1 aromatic carbocycles. The minimum absolute atomic E-state index is 0.213. The van der Waals surface area contributed by atoms with E-state index in [1.165, 1.54) is 0 Å². The van der Waals surface area contributed by atoms with Crippen LogP contribution >= 0.6 is 78.9 Å². The molecule has 0 radical (unpaired) electrons. The van der Waals surface area contributed by atoms with Crippen LogP contribution in [0.15, 0.2) is 21.1 Å². The molecular formula is C15H18Br2Cl3N3OS. The van der Waals surface area contributed by atoms with Crippen LogP contribution in [0.1, 0.15) is 31.7 Å². The van der Waals surface area contributed by atoms with Crippen molar-refractivity contribution < 1.29 is 4.79 Å². The molecule has 10 heteroatoms. The monoisotopic (exact) mass is 551 g/mol. The Bertz CT molecular complexity index is 618. The number of alkyl halides is 3. The van der Waals surface area contributed by atoms with Crippen LogP contribution in [0.2, 0.25) is 0 Å². The molecule has 1 atom stereocenters. The molecule has 0 fully saturated rings. The summed E-state index contributed by atoms with van der Waals surface area (Å²) in [4.78, 5) is 11.9. The van der Waals surface area contributed by atoms with E-state index in [9.17, 15) is 4.79 Å². The Labute approximate surface area is 185 Å². The van der Waals surface area contributed by atoms with Crippen molar-refractivity contribution in [3.05, 3.63) is 26.6 Å². The number of anilines is 1. The highest BCUT2D eigenvalue weighted by molar-refractivity contribution is 9.11. The van der Waals surface area contributed by atoms with Crippen molar-refractivity contribution in [1.29, 1.82) is 0 Å². The van der Waals surface area contributed by atoms with Gasteiger partial charge in [-0.3, -0.25) is 4.79 Å². The van der Waals surface area contributed by atoms with Crippen LogP contribution in [0.4, 0.5) is 5.69 Å². The van der Waals surface area contributed by atoms with Crippen LogP contribution in [0.5, 0.6) is 0 Å². The third-order valence-corrected chi connectivity index (χ3v) is 5.11. The van der Waals surface area contributed by atoms with E-state index in [2.05, 4.69) is 47.8 Å². The van der Waals surface area contributed by atoms with Gasteiger partial charge in [-0.05, 0) is 59.2 Å². The van der Waals surface area contributed by atoms with E-state index >= 15 is 0 Å². The maximum atomic E-state index is 11.9. The van der Waals surface area contributed by atoms with E-state index in [0.717, 1.165) is 33.0 Å². The zero-order valence-electron chi connectivity index (χ0n) is 13.6. The summed E-state index contributed by atoms with van der Waals surface area (Å²) in [7, 11) is 0. The van der Waals surface area contributed by atoms with Crippen LogP contribution in [-0.2, 0) is 4.79 Å². The smallest absolute Gasteiger partial charge is 0.228 e. The van der Waals surface area contributed by atoms with Gasteiger partial charge in [0.05, 0.1) is 5.69 Å². The first-order chi connectivity index (χ1) is 11.5. The van der Waals surface area contributed by atoms with Gasteiger partial charge < -0.3 is 16.0 Å². The molecule has 0 aliphatic carbocycles. The molecule has 0 unspecified atom stereocenters. The van der Waals surface area contributed by atoms with Crippen LogP contribution < -0.4 is 16.0 Å². The normalized spacial score (nSPS) is 12.4. The largest absolute Gasteiger partial charge is 0.339 e. The van der Waals surface area contributed by atoms with E-state index in [1.807, 2.05) is 26.0 Å². The van der Waals surface area contributed by atoms with Gasteiger partial charge in [0.1, 0.15) is 6.17 Å². The second-order valence-corrected chi connectivity index (χ2v) is 9.87. The first-order valence-electron chi connectivity index (χ1n) is 7.43. The third kappa shape index (κ3) is 8.18. The Morgan fingerprint density at radius 2 is 1.92 bits per heavy atom. The van der Waals surface area contributed by atoms with E-state index in [4.69, 9.17) is 47.0 Å². The van der Waals surface area contributed by atoms with Gasteiger partial charge in [-0.2, -0.15) is 0 Å². The lowest BCUT2D eigenvalue weighted by Crippen LogP contribution is -2.56. The highest BCUT2D eigenvalue weighted by Crippen LogP contribution is 2.31. The van der Waals surface area contributed by atoms with E-state index in [-0.39, 0.29) is 11.0 Å². The van der Waals surface area contributed by atoms with Crippen molar-refractivity contribution in [2.45, 2.75) is 43.1 Å². The van der Waals surface area contributed by atoms with Crippen LogP contribution in [0, 0.1) is 6.92 Å². The average Bonchev–Trinajstić information content (AvgIpc) is 2.47. The number of halogens is 5. The molecule has 1 amide bonds. The quantitative estimate of drug-likeness (QED) is 0.236. The Kier molecular flexibility index (Phi) is 9.78. The Balaban J connectivity index is 2.81. The number of aryl methyl sites for hydroxylation is 1. The Morgan fingerprint density at radius 3 is 2.44 bits per heavy atom.